The maximum Gasteiger partial charge on any atom is 0.244 e. The van der Waals surface area contributed by atoms with E-state index in [1.165, 1.54) is 0 Å². The Balaban J connectivity index is 2.15. The molecule has 0 saturated heterocycles. The largest absolute Gasteiger partial charge is 0.497 e. The molecule has 3 N–H and O–H groups in total. The smallest absolute Gasteiger partial charge is 0.244 e. The van der Waals surface area contributed by atoms with E-state index < -0.39 is 5.54 Å². The molecule has 0 bridgehead atoms. The fourth-order valence-electron chi connectivity index (χ4n) is 1.93. The van der Waals surface area contributed by atoms with Gasteiger partial charge >= 0.3 is 0 Å². The molecule has 0 radical (unpaired) electrons. The number of amides is 1. The van der Waals surface area contributed by atoms with Crippen molar-refractivity contribution in [1.82, 2.24) is 0 Å². The summed E-state index contributed by atoms with van der Waals surface area (Å²) >= 11 is 0. The summed E-state index contributed by atoms with van der Waals surface area (Å²) in [5, 5.41) is 2.81. The van der Waals surface area contributed by atoms with E-state index in [1.54, 1.807) is 32.4 Å². The Morgan fingerprint density at radius 3 is 2.56 bits per heavy atom. The minimum Gasteiger partial charge on any atom is -0.497 e. The molecule has 0 unspecified atom stereocenters. The van der Waals surface area contributed by atoms with Gasteiger partial charge in [-0.15, -0.1) is 0 Å². The van der Waals surface area contributed by atoms with Crippen molar-refractivity contribution in [3.63, 3.8) is 0 Å². The summed E-state index contributed by atoms with van der Waals surface area (Å²) in [7, 11) is 3.13. The third-order valence-electron chi connectivity index (χ3n) is 3.35. The Kier molecular flexibility index (Phi) is 3.43. The lowest BCUT2D eigenvalue weighted by Gasteiger charge is -2.36. The molecule has 98 valence electrons. The number of methoxy groups -OCH3 is 2. The van der Waals surface area contributed by atoms with Gasteiger partial charge in [-0.2, -0.15) is 0 Å². The third-order valence-corrected chi connectivity index (χ3v) is 3.35. The molecule has 0 spiro atoms. The molecule has 18 heavy (non-hydrogen) atoms. The maximum atomic E-state index is 12.0. The van der Waals surface area contributed by atoms with E-state index in [0.29, 0.717) is 17.2 Å². The molecule has 1 fully saturated rings. The number of benzene rings is 1. The highest BCUT2D eigenvalue weighted by Crippen LogP contribution is 2.33. The van der Waals surface area contributed by atoms with E-state index >= 15 is 0 Å². The molecule has 0 aromatic heterocycles. The number of carbonyl (C=O) groups excluding carboxylic acids is 1. The highest BCUT2D eigenvalue weighted by molar-refractivity contribution is 5.99. The molecule has 1 aliphatic rings. The van der Waals surface area contributed by atoms with Crippen LogP contribution >= 0.6 is 0 Å². The summed E-state index contributed by atoms with van der Waals surface area (Å²) in [6.07, 6.45) is 2.47. The summed E-state index contributed by atoms with van der Waals surface area (Å²) in [5.41, 5.74) is 5.86. The first-order chi connectivity index (χ1) is 8.59. The van der Waals surface area contributed by atoms with Crippen LogP contribution in [-0.4, -0.2) is 25.7 Å². The van der Waals surface area contributed by atoms with Gasteiger partial charge in [-0.05, 0) is 31.4 Å². The van der Waals surface area contributed by atoms with Crippen LogP contribution in [0.1, 0.15) is 19.3 Å². The second-order valence-electron chi connectivity index (χ2n) is 4.53. The number of nitrogens with two attached hydrogens (primary N) is 1. The average Bonchev–Trinajstić information content (AvgIpc) is 2.36. The second kappa shape index (κ2) is 4.86. The lowest BCUT2D eigenvalue weighted by Crippen LogP contribution is -2.56. The van der Waals surface area contributed by atoms with Gasteiger partial charge in [-0.3, -0.25) is 4.79 Å². The molecule has 5 heteroatoms. The van der Waals surface area contributed by atoms with Gasteiger partial charge in [0.25, 0.3) is 0 Å². The second-order valence-corrected chi connectivity index (χ2v) is 4.53. The molecule has 0 aliphatic heterocycles. The van der Waals surface area contributed by atoms with Gasteiger partial charge in [0.2, 0.25) is 5.91 Å². The van der Waals surface area contributed by atoms with Crippen molar-refractivity contribution >= 4 is 11.6 Å². The molecule has 2 rings (SSSR count). The van der Waals surface area contributed by atoms with Crippen molar-refractivity contribution in [1.29, 1.82) is 0 Å². The first-order valence-electron chi connectivity index (χ1n) is 5.91. The molecule has 0 atom stereocenters. The van der Waals surface area contributed by atoms with E-state index in [2.05, 4.69) is 5.32 Å². The minimum atomic E-state index is -0.717. The number of ether oxygens (including phenoxy) is 2. The normalized spacial score (nSPS) is 16.6. The lowest BCUT2D eigenvalue weighted by molar-refractivity contribution is -0.123. The van der Waals surface area contributed by atoms with Crippen molar-refractivity contribution in [2.45, 2.75) is 24.8 Å². The first kappa shape index (κ1) is 12.7. The van der Waals surface area contributed by atoms with E-state index in [0.717, 1.165) is 19.3 Å². The summed E-state index contributed by atoms with van der Waals surface area (Å²) in [6.45, 7) is 0. The van der Waals surface area contributed by atoms with E-state index in [1.807, 2.05) is 0 Å². The molecule has 5 nitrogen and oxygen atoms in total. The van der Waals surface area contributed by atoms with Gasteiger partial charge < -0.3 is 20.5 Å². The Morgan fingerprint density at radius 2 is 2.06 bits per heavy atom. The standard InChI is InChI=1S/C13H18N2O3/c1-17-9-4-5-10(11(8-9)18-2)15-12(16)13(14)6-3-7-13/h4-5,8H,3,6-7,14H2,1-2H3,(H,15,16). The molecular weight excluding hydrogens is 232 g/mol. The number of carbonyl (C=O) groups is 1. The molecule has 0 heterocycles. The summed E-state index contributed by atoms with van der Waals surface area (Å²) in [5.74, 6) is 1.08. The van der Waals surface area contributed by atoms with E-state index in [-0.39, 0.29) is 5.91 Å². The van der Waals surface area contributed by atoms with Crippen molar-refractivity contribution in [3.05, 3.63) is 18.2 Å². The number of hydrogen-bond donors (Lipinski definition) is 2. The monoisotopic (exact) mass is 250 g/mol. The average molecular weight is 250 g/mol. The van der Waals surface area contributed by atoms with Crippen LogP contribution in [0, 0.1) is 0 Å². The lowest BCUT2D eigenvalue weighted by atomic mass is 9.77. The quantitative estimate of drug-likeness (QED) is 0.849. The zero-order valence-corrected chi connectivity index (χ0v) is 10.7. The SMILES string of the molecule is COc1ccc(NC(=O)C2(N)CCC2)c(OC)c1. The van der Waals surface area contributed by atoms with Crippen LogP contribution in [0.4, 0.5) is 5.69 Å². The predicted octanol–water partition coefficient (Wildman–Crippen LogP) is 1.52. The summed E-state index contributed by atoms with van der Waals surface area (Å²) in [4.78, 5) is 12.0. The van der Waals surface area contributed by atoms with Crippen molar-refractivity contribution in [2.75, 3.05) is 19.5 Å². The predicted molar refractivity (Wildman–Crippen MR) is 68.9 cm³/mol. The molecule has 1 amide bonds. The maximum absolute atomic E-state index is 12.0. The molecule has 1 saturated carbocycles. The minimum absolute atomic E-state index is 0.155. The van der Waals surface area contributed by atoms with Crippen LogP contribution in [-0.2, 0) is 4.79 Å². The van der Waals surface area contributed by atoms with Crippen LogP contribution in [0.3, 0.4) is 0 Å². The number of nitrogens with one attached hydrogen (secondary N) is 1. The number of anilines is 1. The summed E-state index contributed by atoms with van der Waals surface area (Å²) < 4.78 is 10.3. The van der Waals surface area contributed by atoms with Gasteiger partial charge in [-0.25, -0.2) is 0 Å². The topological polar surface area (TPSA) is 73.6 Å². The molecule has 1 aromatic rings. The zero-order valence-electron chi connectivity index (χ0n) is 10.7. The highest BCUT2D eigenvalue weighted by Gasteiger charge is 2.40. The molecule has 1 aromatic carbocycles. The van der Waals surface area contributed by atoms with Crippen molar-refractivity contribution in [2.24, 2.45) is 5.73 Å². The van der Waals surface area contributed by atoms with Crippen LogP contribution in [0.25, 0.3) is 0 Å². The Hall–Kier alpha value is -1.75. The Morgan fingerprint density at radius 1 is 1.33 bits per heavy atom. The van der Waals surface area contributed by atoms with Crippen LogP contribution in [0.15, 0.2) is 18.2 Å². The third kappa shape index (κ3) is 2.26. The number of rotatable bonds is 4. The zero-order chi connectivity index (χ0) is 13.2. The fraction of sp³-hybridized carbons (Fsp3) is 0.462. The van der Waals surface area contributed by atoms with Gasteiger partial charge in [0.15, 0.2) is 0 Å². The van der Waals surface area contributed by atoms with Gasteiger partial charge in [0.1, 0.15) is 11.5 Å². The summed E-state index contributed by atoms with van der Waals surface area (Å²) in [6, 6.07) is 5.24. The molecule has 1 aliphatic carbocycles. The molecular formula is C13H18N2O3. The van der Waals surface area contributed by atoms with Crippen molar-refractivity contribution in [3.8, 4) is 11.5 Å². The van der Waals surface area contributed by atoms with Gasteiger partial charge in [-0.1, -0.05) is 0 Å². The Labute approximate surface area is 106 Å². The Bertz CT molecular complexity index is 456. The first-order valence-corrected chi connectivity index (χ1v) is 5.91. The highest BCUT2D eigenvalue weighted by atomic mass is 16.5. The van der Waals surface area contributed by atoms with Crippen LogP contribution < -0.4 is 20.5 Å². The fourth-order valence-corrected chi connectivity index (χ4v) is 1.93. The van der Waals surface area contributed by atoms with Crippen LogP contribution in [0.2, 0.25) is 0 Å². The van der Waals surface area contributed by atoms with Gasteiger partial charge in [0, 0.05) is 6.07 Å². The van der Waals surface area contributed by atoms with Crippen LogP contribution in [0.5, 0.6) is 11.5 Å². The van der Waals surface area contributed by atoms with E-state index in [4.69, 9.17) is 15.2 Å². The van der Waals surface area contributed by atoms with E-state index in [9.17, 15) is 4.79 Å². The van der Waals surface area contributed by atoms with Crippen molar-refractivity contribution < 1.29 is 14.3 Å². The van der Waals surface area contributed by atoms with Gasteiger partial charge in [0.05, 0.1) is 25.4 Å². The number of hydrogen-bond acceptors (Lipinski definition) is 4.